The first-order valence-electron chi connectivity index (χ1n) is 6.73. The molecule has 0 aromatic carbocycles. The normalized spacial score (nSPS) is 25.9. The van der Waals surface area contributed by atoms with E-state index in [0.29, 0.717) is 0 Å². The van der Waals surface area contributed by atoms with Gasteiger partial charge in [-0.1, -0.05) is 12.8 Å². The summed E-state index contributed by atoms with van der Waals surface area (Å²) in [4.78, 5) is 1.66. The van der Waals surface area contributed by atoms with Gasteiger partial charge in [0.15, 0.2) is 0 Å². The Morgan fingerprint density at radius 2 is 2.06 bits per heavy atom. The number of aryl methyl sites for hydroxylation is 1. The van der Waals surface area contributed by atoms with Gasteiger partial charge in [-0.25, -0.2) is 0 Å². The van der Waals surface area contributed by atoms with Crippen molar-refractivity contribution in [2.75, 3.05) is 6.54 Å². The van der Waals surface area contributed by atoms with E-state index in [-0.39, 0.29) is 0 Å². The molecule has 1 fully saturated rings. The third-order valence-corrected chi connectivity index (χ3v) is 5.18. The minimum atomic E-state index is 0.801. The van der Waals surface area contributed by atoms with Crippen LogP contribution in [0.3, 0.4) is 0 Å². The highest BCUT2D eigenvalue weighted by Gasteiger charge is 2.22. The lowest BCUT2D eigenvalue weighted by Crippen LogP contribution is -2.31. The first kappa shape index (κ1) is 10.8. The Labute approximate surface area is 102 Å². The molecule has 1 heterocycles. The number of nitrogens with one attached hydrogen (secondary N) is 1. The Kier molecular flexibility index (Phi) is 3.30. The van der Waals surface area contributed by atoms with Gasteiger partial charge in [0, 0.05) is 17.5 Å². The molecule has 1 nitrogen and oxygen atoms in total. The van der Waals surface area contributed by atoms with Gasteiger partial charge in [0.2, 0.25) is 0 Å². The molecular weight excluding hydrogens is 214 g/mol. The molecule has 1 aromatic rings. The summed E-state index contributed by atoms with van der Waals surface area (Å²) in [5, 5.41) is 6.06. The fourth-order valence-corrected chi connectivity index (χ4v) is 4.24. The van der Waals surface area contributed by atoms with Crippen LogP contribution in [-0.2, 0) is 6.42 Å². The zero-order valence-electron chi connectivity index (χ0n) is 9.87. The molecule has 16 heavy (non-hydrogen) atoms. The van der Waals surface area contributed by atoms with E-state index < -0.39 is 0 Å². The maximum atomic E-state index is 3.79. The Morgan fingerprint density at radius 1 is 1.19 bits per heavy atom. The van der Waals surface area contributed by atoms with Gasteiger partial charge in [-0.2, -0.15) is 0 Å². The van der Waals surface area contributed by atoms with Crippen molar-refractivity contribution in [3.8, 4) is 0 Å². The zero-order valence-corrected chi connectivity index (χ0v) is 10.7. The highest BCUT2D eigenvalue weighted by atomic mass is 32.1. The predicted molar refractivity (Wildman–Crippen MR) is 70.3 cm³/mol. The maximum Gasteiger partial charge on any atom is 0.00805 e. The summed E-state index contributed by atoms with van der Waals surface area (Å²) >= 11 is 1.96. The van der Waals surface area contributed by atoms with Gasteiger partial charge in [0.05, 0.1) is 0 Å². The Morgan fingerprint density at radius 3 is 2.94 bits per heavy atom. The molecule has 1 atom stereocenters. The van der Waals surface area contributed by atoms with Crippen LogP contribution in [0, 0.1) is 0 Å². The van der Waals surface area contributed by atoms with Crippen molar-refractivity contribution in [3.63, 3.8) is 0 Å². The van der Waals surface area contributed by atoms with Crippen LogP contribution < -0.4 is 5.32 Å². The molecule has 0 aliphatic heterocycles. The molecule has 2 aliphatic rings. The molecule has 88 valence electrons. The summed E-state index contributed by atoms with van der Waals surface area (Å²) in [6.07, 6.45) is 9.80. The van der Waals surface area contributed by atoms with Crippen LogP contribution in [0.25, 0.3) is 0 Å². The molecular formula is C14H21NS. The molecule has 0 spiro atoms. The van der Waals surface area contributed by atoms with Crippen molar-refractivity contribution in [3.05, 3.63) is 21.9 Å². The third kappa shape index (κ3) is 2.18. The Hall–Kier alpha value is -0.340. The van der Waals surface area contributed by atoms with Crippen LogP contribution in [0.1, 0.15) is 54.9 Å². The smallest absolute Gasteiger partial charge is 0.00805 e. The van der Waals surface area contributed by atoms with E-state index in [4.69, 9.17) is 0 Å². The number of hydrogen-bond acceptors (Lipinski definition) is 2. The summed E-state index contributed by atoms with van der Waals surface area (Å²) < 4.78 is 0. The highest BCUT2D eigenvalue weighted by Crippen LogP contribution is 2.34. The standard InChI is InChI=1S/C14H21NS/c1-2-6-12(5-1)15-10-11-4-3-7-14-13(11)8-9-16-14/h8-9,11-12,15H,1-7,10H2. The lowest BCUT2D eigenvalue weighted by molar-refractivity contribution is 0.456. The number of fused-ring (bicyclic) bond motifs is 1. The van der Waals surface area contributed by atoms with E-state index in [1.54, 1.807) is 10.4 Å². The molecule has 1 aromatic heterocycles. The predicted octanol–water partition coefficient (Wildman–Crippen LogP) is 3.70. The fourth-order valence-electron chi connectivity index (χ4n) is 3.23. The van der Waals surface area contributed by atoms with E-state index in [2.05, 4.69) is 16.8 Å². The van der Waals surface area contributed by atoms with Crippen molar-refractivity contribution < 1.29 is 0 Å². The highest BCUT2D eigenvalue weighted by molar-refractivity contribution is 7.10. The van der Waals surface area contributed by atoms with Crippen LogP contribution in [0.15, 0.2) is 11.4 Å². The first-order chi connectivity index (χ1) is 7.93. The van der Waals surface area contributed by atoms with Gasteiger partial charge in [0.25, 0.3) is 0 Å². The second-order valence-corrected chi connectivity index (χ2v) is 6.28. The molecule has 1 saturated carbocycles. The largest absolute Gasteiger partial charge is 0.313 e. The zero-order chi connectivity index (χ0) is 10.8. The Bertz CT molecular complexity index is 338. The van der Waals surface area contributed by atoms with Gasteiger partial charge in [-0.3, -0.25) is 0 Å². The quantitative estimate of drug-likeness (QED) is 0.842. The van der Waals surface area contributed by atoms with E-state index >= 15 is 0 Å². The number of rotatable bonds is 3. The molecule has 2 heteroatoms. The van der Waals surface area contributed by atoms with E-state index in [1.165, 1.54) is 51.5 Å². The molecule has 0 bridgehead atoms. The summed E-state index contributed by atoms with van der Waals surface area (Å²) in [6, 6.07) is 3.18. The second-order valence-electron chi connectivity index (χ2n) is 5.28. The average Bonchev–Trinajstić information content (AvgIpc) is 2.97. The minimum absolute atomic E-state index is 0.801. The molecule has 0 saturated heterocycles. The van der Waals surface area contributed by atoms with Crippen LogP contribution in [0.2, 0.25) is 0 Å². The van der Waals surface area contributed by atoms with Gasteiger partial charge >= 0.3 is 0 Å². The van der Waals surface area contributed by atoms with E-state index in [1.807, 2.05) is 11.3 Å². The SMILES string of the molecule is c1cc2c(s1)CCCC2CNC1CCCC1. The van der Waals surface area contributed by atoms with Gasteiger partial charge in [0.1, 0.15) is 0 Å². The van der Waals surface area contributed by atoms with Crippen LogP contribution >= 0.6 is 11.3 Å². The van der Waals surface area contributed by atoms with Gasteiger partial charge in [-0.05, 0) is 55.0 Å². The summed E-state index contributed by atoms with van der Waals surface area (Å²) in [5.41, 5.74) is 1.65. The fraction of sp³-hybridized carbons (Fsp3) is 0.714. The third-order valence-electron chi connectivity index (χ3n) is 4.18. The average molecular weight is 235 g/mol. The van der Waals surface area contributed by atoms with Gasteiger partial charge < -0.3 is 5.32 Å². The molecule has 0 radical (unpaired) electrons. The summed E-state index contributed by atoms with van der Waals surface area (Å²) in [7, 11) is 0. The van der Waals surface area contributed by atoms with Crippen molar-refractivity contribution in [2.45, 2.75) is 56.9 Å². The Balaban J connectivity index is 1.59. The monoisotopic (exact) mass is 235 g/mol. The van der Waals surface area contributed by atoms with Gasteiger partial charge in [-0.15, -0.1) is 11.3 Å². The molecule has 2 aliphatic carbocycles. The number of hydrogen-bond donors (Lipinski definition) is 1. The van der Waals surface area contributed by atoms with Crippen LogP contribution in [0.4, 0.5) is 0 Å². The minimum Gasteiger partial charge on any atom is -0.313 e. The topological polar surface area (TPSA) is 12.0 Å². The van der Waals surface area contributed by atoms with E-state index in [9.17, 15) is 0 Å². The molecule has 1 unspecified atom stereocenters. The van der Waals surface area contributed by atoms with Crippen molar-refractivity contribution in [1.82, 2.24) is 5.32 Å². The molecule has 3 rings (SSSR count). The summed E-state index contributed by atoms with van der Waals surface area (Å²) in [6.45, 7) is 1.22. The number of thiophene rings is 1. The van der Waals surface area contributed by atoms with E-state index in [0.717, 1.165) is 12.0 Å². The summed E-state index contributed by atoms with van der Waals surface area (Å²) in [5.74, 6) is 0.801. The first-order valence-corrected chi connectivity index (χ1v) is 7.61. The lowest BCUT2D eigenvalue weighted by Gasteiger charge is -2.24. The second kappa shape index (κ2) is 4.89. The maximum absolute atomic E-state index is 3.79. The van der Waals surface area contributed by atoms with Crippen molar-refractivity contribution >= 4 is 11.3 Å². The molecule has 1 N–H and O–H groups in total. The van der Waals surface area contributed by atoms with Crippen LogP contribution in [0.5, 0.6) is 0 Å². The lowest BCUT2D eigenvalue weighted by atomic mass is 9.87. The van der Waals surface area contributed by atoms with Crippen molar-refractivity contribution in [2.24, 2.45) is 0 Å². The van der Waals surface area contributed by atoms with Crippen LogP contribution in [-0.4, -0.2) is 12.6 Å². The van der Waals surface area contributed by atoms with Crippen molar-refractivity contribution in [1.29, 1.82) is 0 Å². The molecule has 0 amide bonds.